The van der Waals surface area contributed by atoms with E-state index in [-0.39, 0.29) is 17.2 Å². The van der Waals surface area contributed by atoms with Gasteiger partial charge in [0.1, 0.15) is 4.83 Å². The molecule has 0 aliphatic heterocycles. The molecule has 1 amide bonds. The van der Waals surface area contributed by atoms with Crippen molar-refractivity contribution in [3.8, 4) is 0 Å². The number of amides is 1. The topological polar surface area (TPSA) is 55.2 Å². The van der Waals surface area contributed by atoms with Gasteiger partial charge in [-0.25, -0.2) is 4.98 Å². The van der Waals surface area contributed by atoms with Gasteiger partial charge in [-0.05, 0) is 25.3 Å². The summed E-state index contributed by atoms with van der Waals surface area (Å²) in [6.07, 6.45) is 1.66. The summed E-state index contributed by atoms with van der Waals surface area (Å²) in [6.45, 7) is 9.36. The van der Waals surface area contributed by atoms with Crippen molar-refractivity contribution in [1.82, 2.24) is 14.5 Å². The van der Waals surface area contributed by atoms with Gasteiger partial charge in [0.05, 0.1) is 11.1 Å². The number of carbonyl (C=O) groups excluding carboxylic acids is 1. The first kappa shape index (κ1) is 16.8. The van der Waals surface area contributed by atoms with E-state index in [0.717, 1.165) is 0 Å². The Morgan fingerprint density at radius 1 is 1.50 bits per heavy atom. The molecule has 2 rings (SSSR count). The second-order valence-electron chi connectivity index (χ2n) is 4.59. The van der Waals surface area contributed by atoms with Crippen LogP contribution in [0.2, 0.25) is 0 Å². The van der Waals surface area contributed by atoms with E-state index in [4.69, 9.17) is 0 Å². The zero-order valence-electron chi connectivity index (χ0n) is 12.7. The van der Waals surface area contributed by atoms with Crippen LogP contribution in [-0.2, 0) is 11.3 Å². The molecule has 0 fully saturated rings. The molecule has 118 valence electrons. The number of hydrogen-bond donors (Lipinski definition) is 0. The van der Waals surface area contributed by atoms with E-state index in [1.807, 2.05) is 19.2 Å². The highest BCUT2D eigenvalue weighted by molar-refractivity contribution is 7.99. The largest absolute Gasteiger partial charge is 0.343 e. The number of rotatable bonds is 7. The molecule has 2 aromatic heterocycles. The quantitative estimate of drug-likeness (QED) is 0.443. The SMILES string of the molecule is C=CCn1c(SCC(=O)N(CC)CC)nc2sccc2c1=O. The van der Waals surface area contributed by atoms with Crippen molar-refractivity contribution < 1.29 is 4.79 Å². The second kappa shape index (κ2) is 7.60. The average molecular weight is 337 g/mol. The summed E-state index contributed by atoms with van der Waals surface area (Å²) in [5.41, 5.74) is -0.0797. The molecule has 2 aromatic rings. The van der Waals surface area contributed by atoms with E-state index in [2.05, 4.69) is 11.6 Å². The maximum absolute atomic E-state index is 12.5. The standard InChI is InChI=1S/C15H19N3O2S2/c1-4-8-18-14(20)11-7-9-21-13(11)16-15(18)22-10-12(19)17(5-2)6-3/h4,7,9H,1,5-6,8,10H2,2-3H3. The number of allylic oxidation sites excluding steroid dienone is 1. The molecule has 2 heterocycles. The first-order valence-electron chi connectivity index (χ1n) is 7.11. The summed E-state index contributed by atoms with van der Waals surface area (Å²) >= 11 is 2.74. The van der Waals surface area contributed by atoms with Crippen molar-refractivity contribution in [1.29, 1.82) is 0 Å². The third-order valence-electron chi connectivity index (χ3n) is 3.30. The molecule has 0 aromatic carbocycles. The first-order chi connectivity index (χ1) is 10.6. The summed E-state index contributed by atoms with van der Waals surface area (Å²) in [5.74, 6) is 0.336. The smallest absolute Gasteiger partial charge is 0.263 e. The van der Waals surface area contributed by atoms with E-state index in [9.17, 15) is 9.59 Å². The van der Waals surface area contributed by atoms with Gasteiger partial charge in [-0.1, -0.05) is 17.8 Å². The van der Waals surface area contributed by atoms with Crippen LogP contribution in [0.3, 0.4) is 0 Å². The van der Waals surface area contributed by atoms with Crippen molar-refractivity contribution in [2.45, 2.75) is 25.5 Å². The highest BCUT2D eigenvalue weighted by atomic mass is 32.2. The Hall–Kier alpha value is -1.60. The summed E-state index contributed by atoms with van der Waals surface area (Å²) in [6, 6.07) is 1.78. The summed E-state index contributed by atoms with van der Waals surface area (Å²) in [4.78, 5) is 31.6. The van der Waals surface area contributed by atoms with Crippen LogP contribution >= 0.6 is 23.1 Å². The summed E-state index contributed by atoms with van der Waals surface area (Å²) in [7, 11) is 0. The minimum Gasteiger partial charge on any atom is -0.343 e. The van der Waals surface area contributed by atoms with Gasteiger partial charge in [-0.2, -0.15) is 0 Å². The van der Waals surface area contributed by atoms with Crippen LogP contribution in [0.1, 0.15) is 13.8 Å². The zero-order chi connectivity index (χ0) is 16.1. The van der Waals surface area contributed by atoms with Crippen molar-refractivity contribution in [3.63, 3.8) is 0 Å². The van der Waals surface area contributed by atoms with Crippen molar-refractivity contribution in [2.75, 3.05) is 18.8 Å². The fourth-order valence-corrected chi connectivity index (χ4v) is 3.84. The fourth-order valence-electron chi connectivity index (χ4n) is 2.12. The Labute approximate surface area is 137 Å². The molecule has 22 heavy (non-hydrogen) atoms. The van der Waals surface area contributed by atoms with Crippen LogP contribution in [0.15, 0.2) is 34.1 Å². The molecule has 0 radical (unpaired) electrons. The fraction of sp³-hybridized carbons (Fsp3) is 0.400. The molecular weight excluding hydrogens is 318 g/mol. The maximum Gasteiger partial charge on any atom is 0.263 e. The lowest BCUT2D eigenvalue weighted by Crippen LogP contribution is -2.32. The van der Waals surface area contributed by atoms with E-state index < -0.39 is 0 Å². The van der Waals surface area contributed by atoms with Gasteiger partial charge >= 0.3 is 0 Å². The Balaban J connectivity index is 2.29. The number of fused-ring (bicyclic) bond motifs is 1. The number of thiophene rings is 1. The lowest BCUT2D eigenvalue weighted by molar-refractivity contribution is -0.127. The van der Waals surface area contributed by atoms with Crippen LogP contribution < -0.4 is 5.56 Å². The first-order valence-corrected chi connectivity index (χ1v) is 8.98. The molecule has 0 saturated heterocycles. The molecule has 0 N–H and O–H groups in total. The lowest BCUT2D eigenvalue weighted by Gasteiger charge is -2.18. The number of carbonyl (C=O) groups is 1. The van der Waals surface area contributed by atoms with Crippen LogP contribution in [0.5, 0.6) is 0 Å². The Bertz CT molecular complexity index is 732. The normalized spacial score (nSPS) is 10.8. The highest BCUT2D eigenvalue weighted by Crippen LogP contribution is 2.21. The van der Waals surface area contributed by atoms with Gasteiger partial charge in [0.15, 0.2) is 5.16 Å². The van der Waals surface area contributed by atoms with E-state index >= 15 is 0 Å². The Morgan fingerprint density at radius 3 is 2.86 bits per heavy atom. The minimum absolute atomic E-state index is 0.0562. The van der Waals surface area contributed by atoms with E-state index in [1.165, 1.54) is 23.1 Å². The monoisotopic (exact) mass is 337 g/mol. The third kappa shape index (κ3) is 3.41. The second-order valence-corrected chi connectivity index (χ2v) is 6.43. The summed E-state index contributed by atoms with van der Waals surface area (Å²) in [5, 5.41) is 3.04. The maximum atomic E-state index is 12.5. The zero-order valence-corrected chi connectivity index (χ0v) is 14.4. The molecule has 5 nitrogen and oxygen atoms in total. The Kier molecular flexibility index (Phi) is 5.79. The molecule has 7 heteroatoms. The van der Waals surface area contributed by atoms with Crippen LogP contribution in [0, 0.1) is 0 Å². The predicted molar refractivity (Wildman–Crippen MR) is 92.7 cm³/mol. The van der Waals surface area contributed by atoms with Crippen LogP contribution in [0.25, 0.3) is 10.2 Å². The number of nitrogens with zero attached hydrogens (tertiary/aromatic N) is 3. The van der Waals surface area contributed by atoms with Gasteiger partial charge in [0.2, 0.25) is 5.91 Å². The van der Waals surface area contributed by atoms with Gasteiger partial charge in [0.25, 0.3) is 5.56 Å². The van der Waals surface area contributed by atoms with Gasteiger partial charge in [-0.3, -0.25) is 14.2 Å². The average Bonchev–Trinajstić information content (AvgIpc) is 2.98. The van der Waals surface area contributed by atoms with Crippen LogP contribution in [-0.4, -0.2) is 39.2 Å². The number of hydrogen-bond acceptors (Lipinski definition) is 5. The molecule has 0 aliphatic carbocycles. The van der Waals surface area contributed by atoms with E-state index in [1.54, 1.807) is 21.6 Å². The van der Waals surface area contributed by atoms with Gasteiger partial charge in [0, 0.05) is 19.6 Å². The number of thioether (sulfide) groups is 1. The highest BCUT2D eigenvalue weighted by Gasteiger charge is 2.15. The van der Waals surface area contributed by atoms with Gasteiger partial charge in [-0.15, -0.1) is 17.9 Å². The van der Waals surface area contributed by atoms with Crippen molar-refractivity contribution in [2.24, 2.45) is 0 Å². The molecule has 0 saturated carbocycles. The summed E-state index contributed by atoms with van der Waals surface area (Å²) < 4.78 is 1.57. The molecule has 0 spiro atoms. The molecule has 0 atom stereocenters. The molecule has 0 bridgehead atoms. The van der Waals surface area contributed by atoms with Crippen molar-refractivity contribution in [3.05, 3.63) is 34.5 Å². The molecular formula is C15H19N3O2S2. The van der Waals surface area contributed by atoms with Crippen molar-refractivity contribution >= 4 is 39.2 Å². The Morgan fingerprint density at radius 2 is 2.23 bits per heavy atom. The van der Waals surface area contributed by atoms with E-state index in [0.29, 0.717) is 35.0 Å². The predicted octanol–water partition coefficient (Wildman–Crippen LogP) is 2.60. The molecule has 0 aliphatic rings. The number of aromatic nitrogens is 2. The molecule has 0 unspecified atom stereocenters. The van der Waals surface area contributed by atoms with Gasteiger partial charge < -0.3 is 4.90 Å². The third-order valence-corrected chi connectivity index (χ3v) is 5.07. The van der Waals surface area contributed by atoms with Crippen LogP contribution in [0.4, 0.5) is 0 Å². The minimum atomic E-state index is -0.0797. The lowest BCUT2D eigenvalue weighted by atomic mass is 10.4.